The first-order valence-corrected chi connectivity index (χ1v) is 10.7. The molecule has 29 heavy (non-hydrogen) atoms. The molecule has 7 heteroatoms. The molecule has 0 saturated carbocycles. The number of nitrogens with one attached hydrogen (secondary N) is 2. The summed E-state index contributed by atoms with van der Waals surface area (Å²) in [5.41, 5.74) is 4.02. The SMILES string of the molecule is CC(C)c1ccc(-c2csc(N[C@@H](CO)C(=O)NCc3cccc(Cl)c3)n2)cc1. The topological polar surface area (TPSA) is 74.2 Å². The summed E-state index contributed by atoms with van der Waals surface area (Å²) in [6.45, 7) is 4.32. The molecule has 1 amide bonds. The molecule has 0 fully saturated rings. The van der Waals surface area contributed by atoms with Crippen LogP contribution in [-0.2, 0) is 11.3 Å². The molecule has 0 radical (unpaired) electrons. The molecule has 2 aromatic carbocycles. The molecule has 0 unspecified atom stereocenters. The van der Waals surface area contributed by atoms with Crippen LogP contribution < -0.4 is 10.6 Å². The molecule has 3 rings (SSSR count). The van der Waals surface area contributed by atoms with E-state index in [1.165, 1.54) is 16.9 Å². The van der Waals surface area contributed by atoms with Crippen molar-refractivity contribution in [2.24, 2.45) is 0 Å². The Morgan fingerprint density at radius 3 is 2.62 bits per heavy atom. The standard InChI is InChI=1S/C22H24ClN3O2S/c1-14(2)16-6-8-17(9-7-16)20-13-29-22(26-20)25-19(12-27)21(28)24-11-15-4-3-5-18(23)10-15/h3-10,13-14,19,27H,11-12H2,1-2H3,(H,24,28)(H,25,26)/t19-/m0/s1. The number of rotatable bonds is 8. The highest BCUT2D eigenvalue weighted by atomic mass is 35.5. The first-order valence-electron chi connectivity index (χ1n) is 9.41. The van der Waals surface area contributed by atoms with Crippen LogP contribution in [0.4, 0.5) is 5.13 Å². The molecule has 152 valence electrons. The van der Waals surface area contributed by atoms with Gasteiger partial charge in [0.15, 0.2) is 5.13 Å². The van der Waals surface area contributed by atoms with E-state index in [0.29, 0.717) is 22.6 Å². The monoisotopic (exact) mass is 429 g/mol. The van der Waals surface area contributed by atoms with Crippen molar-refractivity contribution in [1.82, 2.24) is 10.3 Å². The second kappa shape index (κ2) is 9.87. The van der Waals surface area contributed by atoms with Crippen LogP contribution >= 0.6 is 22.9 Å². The third-order valence-electron chi connectivity index (χ3n) is 4.53. The lowest BCUT2D eigenvalue weighted by Gasteiger charge is -2.15. The fraction of sp³-hybridized carbons (Fsp3) is 0.273. The van der Waals surface area contributed by atoms with E-state index in [9.17, 15) is 9.90 Å². The van der Waals surface area contributed by atoms with Crippen molar-refractivity contribution in [3.8, 4) is 11.3 Å². The summed E-state index contributed by atoms with van der Waals surface area (Å²) in [6, 6.07) is 14.8. The fourth-order valence-electron chi connectivity index (χ4n) is 2.81. The third-order valence-corrected chi connectivity index (χ3v) is 5.54. The van der Waals surface area contributed by atoms with E-state index in [4.69, 9.17) is 11.6 Å². The second-order valence-electron chi connectivity index (χ2n) is 7.04. The van der Waals surface area contributed by atoms with Crippen LogP contribution in [0.2, 0.25) is 5.02 Å². The van der Waals surface area contributed by atoms with Gasteiger partial charge in [0.2, 0.25) is 5.91 Å². The highest BCUT2D eigenvalue weighted by molar-refractivity contribution is 7.14. The smallest absolute Gasteiger partial charge is 0.245 e. The number of amides is 1. The van der Waals surface area contributed by atoms with Crippen molar-refractivity contribution in [3.63, 3.8) is 0 Å². The fourth-order valence-corrected chi connectivity index (χ4v) is 3.80. The van der Waals surface area contributed by atoms with Crippen molar-refractivity contribution in [1.29, 1.82) is 0 Å². The number of halogens is 1. The van der Waals surface area contributed by atoms with Gasteiger partial charge in [0.25, 0.3) is 0 Å². The van der Waals surface area contributed by atoms with Gasteiger partial charge in [-0.15, -0.1) is 11.3 Å². The van der Waals surface area contributed by atoms with Crippen LogP contribution in [-0.4, -0.2) is 28.6 Å². The molecule has 1 aromatic heterocycles. The maximum atomic E-state index is 12.4. The molecule has 1 heterocycles. The minimum Gasteiger partial charge on any atom is -0.394 e. The molecule has 3 aromatic rings. The predicted molar refractivity (Wildman–Crippen MR) is 119 cm³/mol. The van der Waals surface area contributed by atoms with E-state index in [-0.39, 0.29) is 12.5 Å². The number of anilines is 1. The van der Waals surface area contributed by atoms with Crippen molar-refractivity contribution in [2.75, 3.05) is 11.9 Å². The van der Waals surface area contributed by atoms with Crippen LogP contribution in [0, 0.1) is 0 Å². The Hall–Kier alpha value is -2.41. The predicted octanol–water partition coefficient (Wildman–Crippen LogP) is 4.68. The molecule has 0 bridgehead atoms. The lowest BCUT2D eigenvalue weighted by atomic mass is 10.0. The summed E-state index contributed by atoms with van der Waals surface area (Å²) in [5.74, 6) is 0.179. The molecule has 0 spiro atoms. The Morgan fingerprint density at radius 1 is 1.21 bits per heavy atom. The first kappa shape index (κ1) is 21.3. The van der Waals surface area contributed by atoms with Gasteiger partial charge in [0.1, 0.15) is 6.04 Å². The number of carbonyl (C=O) groups excluding carboxylic acids is 1. The number of thiazole rings is 1. The zero-order chi connectivity index (χ0) is 20.8. The summed E-state index contributed by atoms with van der Waals surface area (Å²) in [6.07, 6.45) is 0. The molecular formula is C22H24ClN3O2S. The van der Waals surface area contributed by atoms with Gasteiger partial charge in [-0.3, -0.25) is 4.79 Å². The first-order chi connectivity index (χ1) is 14.0. The molecule has 0 aliphatic heterocycles. The van der Waals surface area contributed by atoms with Crippen LogP contribution in [0.5, 0.6) is 0 Å². The number of benzene rings is 2. The van der Waals surface area contributed by atoms with E-state index in [1.54, 1.807) is 12.1 Å². The molecule has 0 aliphatic rings. The highest BCUT2D eigenvalue weighted by Gasteiger charge is 2.19. The van der Waals surface area contributed by atoms with Gasteiger partial charge in [0.05, 0.1) is 12.3 Å². The van der Waals surface area contributed by atoms with E-state index in [2.05, 4.69) is 53.7 Å². The minimum absolute atomic E-state index is 0.300. The number of hydrogen-bond donors (Lipinski definition) is 3. The molecule has 3 N–H and O–H groups in total. The zero-order valence-corrected chi connectivity index (χ0v) is 17.9. The second-order valence-corrected chi connectivity index (χ2v) is 8.34. The number of aliphatic hydroxyl groups is 1. The molecule has 5 nitrogen and oxygen atoms in total. The van der Waals surface area contributed by atoms with E-state index in [1.807, 2.05) is 17.5 Å². The summed E-state index contributed by atoms with van der Waals surface area (Å²) < 4.78 is 0. The van der Waals surface area contributed by atoms with E-state index >= 15 is 0 Å². The van der Waals surface area contributed by atoms with Crippen molar-refractivity contribution in [3.05, 3.63) is 70.1 Å². The third kappa shape index (κ3) is 5.79. The maximum absolute atomic E-state index is 12.4. The Balaban J connectivity index is 1.61. The quantitative estimate of drug-likeness (QED) is 0.486. The van der Waals surface area contributed by atoms with Crippen LogP contribution in [0.15, 0.2) is 53.9 Å². The van der Waals surface area contributed by atoms with Crippen molar-refractivity contribution in [2.45, 2.75) is 32.4 Å². The van der Waals surface area contributed by atoms with Gasteiger partial charge >= 0.3 is 0 Å². The van der Waals surface area contributed by atoms with Crippen molar-refractivity contribution < 1.29 is 9.90 Å². The Morgan fingerprint density at radius 2 is 1.97 bits per heavy atom. The molecule has 0 saturated heterocycles. The maximum Gasteiger partial charge on any atom is 0.245 e. The van der Waals surface area contributed by atoms with Gasteiger partial charge in [-0.1, -0.05) is 61.8 Å². The van der Waals surface area contributed by atoms with Crippen LogP contribution in [0.25, 0.3) is 11.3 Å². The molecule has 0 aliphatic carbocycles. The van der Waals surface area contributed by atoms with Gasteiger partial charge < -0.3 is 15.7 Å². The van der Waals surface area contributed by atoms with Gasteiger partial charge in [-0.25, -0.2) is 4.98 Å². The molecule has 1 atom stereocenters. The van der Waals surface area contributed by atoms with Gasteiger partial charge in [-0.05, 0) is 29.2 Å². The number of aliphatic hydroxyl groups excluding tert-OH is 1. The summed E-state index contributed by atoms with van der Waals surface area (Å²) in [7, 11) is 0. The minimum atomic E-state index is -0.781. The van der Waals surface area contributed by atoms with Gasteiger partial charge in [0, 0.05) is 22.5 Å². The number of hydrogen-bond acceptors (Lipinski definition) is 5. The zero-order valence-electron chi connectivity index (χ0n) is 16.4. The lowest BCUT2D eigenvalue weighted by Crippen LogP contribution is -2.41. The number of carbonyl (C=O) groups is 1. The van der Waals surface area contributed by atoms with Gasteiger partial charge in [-0.2, -0.15) is 0 Å². The van der Waals surface area contributed by atoms with Crippen LogP contribution in [0.3, 0.4) is 0 Å². The summed E-state index contributed by atoms with van der Waals surface area (Å²) >= 11 is 7.36. The van der Waals surface area contributed by atoms with E-state index < -0.39 is 6.04 Å². The average Bonchev–Trinajstić information content (AvgIpc) is 3.19. The van der Waals surface area contributed by atoms with E-state index in [0.717, 1.165) is 16.8 Å². The number of nitrogens with zero attached hydrogens (tertiary/aromatic N) is 1. The Kier molecular flexibility index (Phi) is 7.25. The Labute approximate surface area is 179 Å². The Bertz CT molecular complexity index is 957. The number of aromatic nitrogens is 1. The summed E-state index contributed by atoms with van der Waals surface area (Å²) in [4.78, 5) is 17.0. The highest BCUT2D eigenvalue weighted by Crippen LogP contribution is 2.26. The van der Waals surface area contributed by atoms with Crippen molar-refractivity contribution >= 4 is 34.0 Å². The normalized spacial score (nSPS) is 12.0. The lowest BCUT2D eigenvalue weighted by molar-refractivity contribution is -0.122. The van der Waals surface area contributed by atoms with Crippen LogP contribution in [0.1, 0.15) is 30.9 Å². The summed E-state index contributed by atoms with van der Waals surface area (Å²) in [5, 5.41) is 18.6. The largest absolute Gasteiger partial charge is 0.394 e. The average molecular weight is 430 g/mol. The molecular weight excluding hydrogens is 406 g/mol.